The second-order valence-corrected chi connectivity index (χ2v) is 8.47. The molecule has 0 atom stereocenters. The van der Waals surface area contributed by atoms with Crippen molar-refractivity contribution in [1.82, 2.24) is 5.32 Å². The standard InChI is InChI=1S/C24H16ClN3O6S/c1-33-20-12-14(6-11-19(20)34-23(30)15-7-9-16(10-8-15)28(31)32)13-21-22(29)27-24(35-21)26-18-5-3-2-4-17(18)25/h2-13H,1H3,(H,26,27,29)/b21-13+. The largest absolute Gasteiger partial charge is 0.493 e. The van der Waals surface area contributed by atoms with Gasteiger partial charge >= 0.3 is 5.97 Å². The van der Waals surface area contributed by atoms with Gasteiger partial charge in [0.05, 0.1) is 33.2 Å². The number of hydrogen-bond acceptors (Lipinski definition) is 8. The number of esters is 1. The predicted molar refractivity (Wildman–Crippen MR) is 133 cm³/mol. The number of methoxy groups -OCH3 is 1. The number of amidine groups is 1. The number of nitrogens with zero attached hydrogens (tertiary/aromatic N) is 2. The van der Waals surface area contributed by atoms with Crippen LogP contribution < -0.4 is 14.8 Å². The highest BCUT2D eigenvalue weighted by molar-refractivity contribution is 8.18. The summed E-state index contributed by atoms with van der Waals surface area (Å²) in [6, 6.07) is 16.9. The lowest BCUT2D eigenvalue weighted by Crippen LogP contribution is -2.19. The van der Waals surface area contributed by atoms with E-state index in [2.05, 4.69) is 10.3 Å². The number of nitro groups is 1. The summed E-state index contributed by atoms with van der Waals surface area (Å²) in [5.74, 6) is -0.589. The van der Waals surface area contributed by atoms with E-state index in [1.165, 1.54) is 37.4 Å². The van der Waals surface area contributed by atoms with Crippen molar-refractivity contribution in [3.8, 4) is 11.5 Å². The van der Waals surface area contributed by atoms with Crippen LogP contribution in [0.1, 0.15) is 15.9 Å². The fraction of sp³-hybridized carbons (Fsp3) is 0.0417. The number of hydrogen-bond donors (Lipinski definition) is 1. The van der Waals surface area contributed by atoms with Crippen LogP contribution in [0.3, 0.4) is 0 Å². The minimum absolute atomic E-state index is 0.134. The van der Waals surface area contributed by atoms with E-state index in [-0.39, 0.29) is 28.7 Å². The Bertz CT molecular complexity index is 1390. The summed E-state index contributed by atoms with van der Waals surface area (Å²) in [7, 11) is 1.42. The zero-order valence-electron chi connectivity index (χ0n) is 18.1. The lowest BCUT2D eigenvalue weighted by Gasteiger charge is -2.10. The third-order valence-corrected chi connectivity index (χ3v) is 5.96. The van der Waals surface area contributed by atoms with Crippen molar-refractivity contribution in [3.05, 3.63) is 97.9 Å². The molecule has 1 aliphatic heterocycles. The Labute approximate surface area is 208 Å². The molecule has 0 bridgehead atoms. The molecule has 0 spiro atoms. The number of thioether (sulfide) groups is 1. The number of para-hydroxylation sites is 1. The molecular weight excluding hydrogens is 494 g/mol. The maximum atomic E-state index is 12.4. The van der Waals surface area contributed by atoms with Gasteiger partial charge in [0, 0.05) is 12.1 Å². The van der Waals surface area contributed by atoms with Crippen LogP contribution in [0.25, 0.3) is 6.08 Å². The Balaban J connectivity index is 1.51. The van der Waals surface area contributed by atoms with Crippen LogP contribution in [0.2, 0.25) is 5.02 Å². The summed E-state index contributed by atoms with van der Waals surface area (Å²) in [6.45, 7) is 0. The molecule has 11 heteroatoms. The van der Waals surface area contributed by atoms with E-state index in [0.717, 1.165) is 11.8 Å². The molecule has 0 aliphatic carbocycles. The molecule has 1 N–H and O–H groups in total. The van der Waals surface area contributed by atoms with E-state index in [4.69, 9.17) is 21.1 Å². The van der Waals surface area contributed by atoms with Crippen LogP contribution in [0.15, 0.2) is 76.6 Å². The van der Waals surface area contributed by atoms with Crippen molar-refractivity contribution >= 4 is 57.9 Å². The summed E-state index contributed by atoms with van der Waals surface area (Å²) >= 11 is 7.29. The number of nitro benzene ring substituents is 1. The van der Waals surface area contributed by atoms with E-state index in [1.54, 1.807) is 42.5 Å². The second-order valence-electron chi connectivity index (χ2n) is 7.04. The minimum Gasteiger partial charge on any atom is -0.493 e. The van der Waals surface area contributed by atoms with Crippen molar-refractivity contribution in [2.75, 3.05) is 7.11 Å². The highest BCUT2D eigenvalue weighted by Gasteiger charge is 2.24. The van der Waals surface area contributed by atoms with Gasteiger partial charge in [0.15, 0.2) is 16.7 Å². The average Bonchev–Trinajstić information content (AvgIpc) is 3.19. The fourth-order valence-electron chi connectivity index (χ4n) is 3.02. The molecule has 1 amide bonds. The van der Waals surface area contributed by atoms with Gasteiger partial charge in [0.25, 0.3) is 11.6 Å². The fourth-order valence-corrected chi connectivity index (χ4v) is 4.03. The van der Waals surface area contributed by atoms with Crippen LogP contribution in [-0.4, -0.2) is 29.1 Å². The number of aliphatic imine (C=N–C) groups is 1. The predicted octanol–water partition coefficient (Wildman–Crippen LogP) is 5.37. The Morgan fingerprint density at radius 3 is 2.54 bits per heavy atom. The molecule has 1 saturated heterocycles. The highest BCUT2D eigenvalue weighted by Crippen LogP contribution is 2.33. The Hall–Kier alpha value is -4.15. The normalized spacial score (nSPS) is 15.2. The van der Waals surface area contributed by atoms with Gasteiger partial charge in [0.2, 0.25) is 0 Å². The van der Waals surface area contributed by atoms with E-state index < -0.39 is 10.9 Å². The van der Waals surface area contributed by atoms with Gasteiger partial charge < -0.3 is 14.8 Å². The van der Waals surface area contributed by atoms with Gasteiger partial charge in [-0.25, -0.2) is 9.79 Å². The van der Waals surface area contributed by atoms with E-state index >= 15 is 0 Å². The van der Waals surface area contributed by atoms with E-state index in [1.807, 2.05) is 0 Å². The second kappa shape index (κ2) is 10.4. The lowest BCUT2D eigenvalue weighted by atomic mass is 10.1. The molecule has 3 aromatic carbocycles. The van der Waals surface area contributed by atoms with E-state index in [9.17, 15) is 19.7 Å². The van der Waals surface area contributed by atoms with Crippen molar-refractivity contribution in [3.63, 3.8) is 0 Å². The van der Waals surface area contributed by atoms with Gasteiger partial charge in [0.1, 0.15) is 0 Å². The number of nitrogens with one attached hydrogen (secondary N) is 1. The number of carbonyl (C=O) groups excluding carboxylic acids is 2. The van der Waals surface area contributed by atoms with Crippen LogP contribution in [0, 0.1) is 10.1 Å². The zero-order valence-corrected chi connectivity index (χ0v) is 19.6. The first-order valence-corrected chi connectivity index (χ1v) is 11.2. The molecular formula is C24H16ClN3O6S. The van der Waals surface area contributed by atoms with Crippen LogP contribution in [0.4, 0.5) is 11.4 Å². The summed E-state index contributed by atoms with van der Waals surface area (Å²) < 4.78 is 10.7. The summed E-state index contributed by atoms with van der Waals surface area (Å²) in [5.41, 5.74) is 1.19. The number of carbonyl (C=O) groups is 2. The first kappa shape index (κ1) is 24.0. The van der Waals surface area contributed by atoms with Gasteiger partial charge in [-0.1, -0.05) is 29.8 Å². The molecule has 1 fully saturated rings. The smallest absolute Gasteiger partial charge is 0.343 e. The number of rotatable bonds is 6. The monoisotopic (exact) mass is 509 g/mol. The van der Waals surface area contributed by atoms with Crippen LogP contribution in [0.5, 0.6) is 11.5 Å². The molecule has 0 radical (unpaired) electrons. The lowest BCUT2D eigenvalue weighted by molar-refractivity contribution is -0.384. The number of amides is 1. The molecule has 0 saturated carbocycles. The molecule has 0 unspecified atom stereocenters. The maximum absolute atomic E-state index is 12.4. The number of halogens is 1. The molecule has 9 nitrogen and oxygen atoms in total. The van der Waals surface area contributed by atoms with E-state index in [0.29, 0.717) is 26.3 Å². The Kier molecular flexibility index (Phi) is 7.14. The molecule has 1 aliphatic rings. The summed E-state index contributed by atoms with van der Waals surface area (Å²) in [6.07, 6.45) is 1.65. The van der Waals surface area contributed by atoms with Crippen molar-refractivity contribution in [2.45, 2.75) is 0 Å². The Morgan fingerprint density at radius 1 is 1.11 bits per heavy atom. The Morgan fingerprint density at radius 2 is 1.86 bits per heavy atom. The molecule has 1 heterocycles. The minimum atomic E-state index is -0.699. The van der Waals surface area contributed by atoms with Crippen molar-refractivity contribution in [1.29, 1.82) is 0 Å². The third kappa shape index (κ3) is 5.68. The highest BCUT2D eigenvalue weighted by atomic mass is 35.5. The van der Waals surface area contributed by atoms with Crippen molar-refractivity contribution in [2.24, 2.45) is 4.99 Å². The van der Waals surface area contributed by atoms with Crippen molar-refractivity contribution < 1.29 is 24.0 Å². The van der Waals surface area contributed by atoms with Gasteiger partial charge in [-0.3, -0.25) is 14.9 Å². The van der Waals surface area contributed by atoms with Gasteiger partial charge in [-0.2, -0.15) is 0 Å². The van der Waals surface area contributed by atoms with Crippen LogP contribution in [-0.2, 0) is 4.79 Å². The summed E-state index contributed by atoms with van der Waals surface area (Å²) in [5, 5.41) is 14.3. The number of benzene rings is 3. The number of non-ortho nitro benzene ring substituents is 1. The molecule has 4 rings (SSSR count). The number of ether oxygens (including phenoxy) is 2. The SMILES string of the molecule is COc1cc(/C=C2/SC(=Nc3ccccc3Cl)NC2=O)ccc1OC(=O)c1ccc([N+](=O)[O-])cc1. The molecule has 176 valence electrons. The topological polar surface area (TPSA) is 120 Å². The molecule has 35 heavy (non-hydrogen) atoms. The van der Waals surface area contributed by atoms with Crippen LogP contribution >= 0.6 is 23.4 Å². The quantitative estimate of drug-likeness (QED) is 0.156. The maximum Gasteiger partial charge on any atom is 0.343 e. The first-order chi connectivity index (χ1) is 16.8. The van der Waals surface area contributed by atoms with Gasteiger partial charge in [-0.15, -0.1) is 0 Å². The molecule has 3 aromatic rings. The average molecular weight is 510 g/mol. The van der Waals surface area contributed by atoms with Gasteiger partial charge in [-0.05, 0) is 59.8 Å². The molecule has 0 aromatic heterocycles. The first-order valence-electron chi connectivity index (χ1n) is 10.0. The summed E-state index contributed by atoms with van der Waals surface area (Å²) in [4.78, 5) is 39.8. The zero-order chi connectivity index (χ0) is 24.9. The third-order valence-electron chi connectivity index (χ3n) is 4.73.